The lowest BCUT2D eigenvalue weighted by Crippen LogP contribution is -2.39. The lowest BCUT2D eigenvalue weighted by atomic mass is 9.89. The Morgan fingerprint density at radius 3 is 2.00 bits per heavy atom. The summed E-state index contributed by atoms with van der Waals surface area (Å²) in [6.45, 7) is 3.31. The van der Waals surface area contributed by atoms with Gasteiger partial charge in [-0.15, -0.1) is 0 Å². The predicted molar refractivity (Wildman–Crippen MR) is 47.3 cm³/mol. The molecule has 1 amide bonds. The summed E-state index contributed by atoms with van der Waals surface area (Å²) >= 11 is 0. The molecule has 0 aliphatic heterocycles. The second-order valence-electron chi connectivity index (χ2n) is 3.35. The average molecular weight is 193 g/mol. The molecule has 0 aromatic rings. The largest absolute Gasteiger partial charge is 0.369 e. The first-order chi connectivity index (χ1) is 5.21. The lowest BCUT2D eigenvalue weighted by Gasteiger charge is -2.22. The van der Waals surface area contributed by atoms with Crippen LogP contribution in [0.25, 0.3) is 0 Å². The molecule has 0 aliphatic carbocycles. The van der Waals surface area contributed by atoms with Crippen LogP contribution in [0, 0.1) is 5.41 Å². The van der Waals surface area contributed by atoms with Crippen molar-refractivity contribution in [2.24, 2.45) is 11.1 Å². The first-order valence-corrected chi connectivity index (χ1v) is 5.75. The van der Waals surface area contributed by atoms with Gasteiger partial charge in [-0.1, -0.05) is 6.92 Å². The van der Waals surface area contributed by atoms with Crippen LogP contribution in [0.3, 0.4) is 0 Å². The molecule has 0 unspecified atom stereocenters. The minimum atomic E-state index is -3.14. The molecule has 0 heterocycles. The number of primary amides is 1. The molecule has 0 aromatic heterocycles. The van der Waals surface area contributed by atoms with Crippen molar-refractivity contribution in [1.29, 1.82) is 0 Å². The quantitative estimate of drug-likeness (QED) is 0.679. The standard InChI is InChI=1S/C7H15NO3S/c1-4-7(2,6(8)9)5-12(3,10)11/h4-5H2,1-3H3,(H2,8,9)/t7-/m1/s1. The van der Waals surface area contributed by atoms with E-state index in [1.165, 1.54) is 0 Å². The first kappa shape index (κ1) is 11.4. The Bertz CT molecular complexity index is 270. The molecule has 0 rings (SSSR count). The highest BCUT2D eigenvalue weighted by molar-refractivity contribution is 7.90. The third-order valence-corrected chi connectivity index (χ3v) is 3.12. The van der Waals surface area contributed by atoms with Gasteiger partial charge in [0.25, 0.3) is 0 Å². The number of sulfone groups is 1. The SMILES string of the molecule is CC[C@](C)(CS(C)(=O)=O)C(N)=O. The van der Waals surface area contributed by atoms with E-state index in [1.54, 1.807) is 13.8 Å². The molecular weight excluding hydrogens is 178 g/mol. The van der Waals surface area contributed by atoms with Crippen molar-refractivity contribution in [3.8, 4) is 0 Å². The smallest absolute Gasteiger partial charge is 0.224 e. The molecule has 0 bridgehead atoms. The van der Waals surface area contributed by atoms with Crippen LogP contribution in [-0.2, 0) is 14.6 Å². The molecule has 0 aliphatic rings. The first-order valence-electron chi connectivity index (χ1n) is 3.69. The van der Waals surface area contributed by atoms with Crippen molar-refractivity contribution < 1.29 is 13.2 Å². The van der Waals surface area contributed by atoms with E-state index in [0.717, 1.165) is 6.26 Å². The number of nitrogens with two attached hydrogens (primary N) is 1. The number of carbonyl (C=O) groups excluding carboxylic acids is 1. The van der Waals surface area contributed by atoms with Crippen LogP contribution < -0.4 is 5.73 Å². The van der Waals surface area contributed by atoms with Crippen molar-refractivity contribution in [3.63, 3.8) is 0 Å². The summed E-state index contributed by atoms with van der Waals surface area (Å²) in [6.07, 6.45) is 1.54. The van der Waals surface area contributed by atoms with Crippen molar-refractivity contribution in [1.82, 2.24) is 0 Å². The summed E-state index contributed by atoms with van der Waals surface area (Å²) in [4.78, 5) is 10.9. The summed E-state index contributed by atoms with van der Waals surface area (Å²) < 4.78 is 21.8. The molecule has 0 radical (unpaired) electrons. The zero-order chi connectivity index (χ0) is 9.99. The fourth-order valence-corrected chi connectivity index (χ4v) is 2.43. The zero-order valence-corrected chi connectivity index (χ0v) is 8.44. The Balaban J connectivity index is 4.69. The van der Waals surface area contributed by atoms with Gasteiger partial charge in [0.05, 0.1) is 11.2 Å². The summed E-state index contributed by atoms with van der Waals surface area (Å²) in [5.74, 6) is -0.735. The Morgan fingerprint density at radius 2 is 1.92 bits per heavy atom. The maximum Gasteiger partial charge on any atom is 0.224 e. The van der Waals surface area contributed by atoms with Crippen LogP contribution in [0.1, 0.15) is 20.3 Å². The Labute approximate surface area is 73.1 Å². The van der Waals surface area contributed by atoms with Crippen LogP contribution in [0.5, 0.6) is 0 Å². The summed E-state index contributed by atoms with van der Waals surface area (Å²) in [5.41, 5.74) is 4.16. The Hall–Kier alpha value is -0.580. The van der Waals surface area contributed by atoms with Crippen molar-refractivity contribution >= 4 is 15.7 Å². The third-order valence-electron chi connectivity index (χ3n) is 1.96. The van der Waals surface area contributed by atoms with Gasteiger partial charge < -0.3 is 5.73 Å². The van der Waals surface area contributed by atoms with Crippen LogP contribution in [0.2, 0.25) is 0 Å². The van der Waals surface area contributed by atoms with Gasteiger partial charge in [0.2, 0.25) is 5.91 Å². The van der Waals surface area contributed by atoms with Gasteiger partial charge in [-0.3, -0.25) is 4.79 Å². The maximum atomic E-state index is 10.9. The summed E-state index contributed by atoms with van der Waals surface area (Å²) in [5, 5.41) is 0. The zero-order valence-electron chi connectivity index (χ0n) is 7.62. The van der Waals surface area contributed by atoms with E-state index < -0.39 is 21.2 Å². The van der Waals surface area contributed by atoms with Gasteiger partial charge in [-0.2, -0.15) is 0 Å². The van der Waals surface area contributed by atoms with Crippen LogP contribution in [0.15, 0.2) is 0 Å². The number of rotatable bonds is 4. The van der Waals surface area contributed by atoms with Gasteiger partial charge >= 0.3 is 0 Å². The van der Waals surface area contributed by atoms with E-state index in [0.29, 0.717) is 6.42 Å². The molecule has 0 spiro atoms. The van der Waals surface area contributed by atoms with Crippen LogP contribution in [-0.4, -0.2) is 26.3 Å². The molecule has 0 saturated carbocycles. The molecule has 5 heteroatoms. The van der Waals surface area contributed by atoms with E-state index in [1.807, 2.05) is 0 Å². The predicted octanol–water partition coefficient (Wildman–Crippen LogP) is -0.0674. The lowest BCUT2D eigenvalue weighted by molar-refractivity contribution is -0.125. The normalized spacial score (nSPS) is 16.9. The highest BCUT2D eigenvalue weighted by atomic mass is 32.2. The fourth-order valence-electron chi connectivity index (χ4n) is 0.926. The van der Waals surface area contributed by atoms with E-state index in [-0.39, 0.29) is 5.75 Å². The highest BCUT2D eigenvalue weighted by Gasteiger charge is 2.32. The molecule has 0 aromatic carbocycles. The number of amides is 1. The van der Waals surface area contributed by atoms with Crippen LogP contribution >= 0.6 is 0 Å². The van der Waals surface area contributed by atoms with Gasteiger partial charge in [-0.05, 0) is 13.3 Å². The number of hydrogen-bond acceptors (Lipinski definition) is 3. The maximum absolute atomic E-state index is 10.9. The molecular formula is C7H15NO3S. The summed E-state index contributed by atoms with van der Waals surface area (Å²) in [6, 6.07) is 0. The fraction of sp³-hybridized carbons (Fsp3) is 0.857. The third kappa shape index (κ3) is 3.21. The van der Waals surface area contributed by atoms with E-state index in [2.05, 4.69) is 0 Å². The Kier molecular flexibility index (Phi) is 3.26. The van der Waals surface area contributed by atoms with Gasteiger partial charge in [0.15, 0.2) is 0 Å². The minimum absolute atomic E-state index is 0.175. The van der Waals surface area contributed by atoms with E-state index >= 15 is 0 Å². The van der Waals surface area contributed by atoms with Gasteiger partial charge in [0, 0.05) is 6.26 Å². The topological polar surface area (TPSA) is 77.2 Å². The minimum Gasteiger partial charge on any atom is -0.369 e. The van der Waals surface area contributed by atoms with Gasteiger partial charge in [0.1, 0.15) is 9.84 Å². The monoisotopic (exact) mass is 193 g/mol. The highest BCUT2D eigenvalue weighted by Crippen LogP contribution is 2.22. The molecule has 12 heavy (non-hydrogen) atoms. The van der Waals surface area contributed by atoms with Crippen LogP contribution in [0.4, 0.5) is 0 Å². The van der Waals surface area contributed by atoms with Crippen molar-refractivity contribution in [3.05, 3.63) is 0 Å². The van der Waals surface area contributed by atoms with E-state index in [4.69, 9.17) is 5.73 Å². The molecule has 2 N–H and O–H groups in total. The average Bonchev–Trinajstić information content (AvgIpc) is 1.83. The second-order valence-corrected chi connectivity index (χ2v) is 5.49. The summed E-state index contributed by atoms with van der Waals surface area (Å²) in [7, 11) is -3.14. The molecule has 1 atom stereocenters. The molecule has 0 fully saturated rings. The second kappa shape index (κ2) is 3.43. The van der Waals surface area contributed by atoms with Crippen molar-refractivity contribution in [2.75, 3.05) is 12.0 Å². The Morgan fingerprint density at radius 1 is 1.50 bits per heavy atom. The van der Waals surface area contributed by atoms with E-state index in [9.17, 15) is 13.2 Å². The van der Waals surface area contributed by atoms with Gasteiger partial charge in [-0.25, -0.2) is 8.42 Å². The number of hydrogen-bond donors (Lipinski definition) is 1. The number of carbonyl (C=O) groups is 1. The van der Waals surface area contributed by atoms with Crippen molar-refractivity contribution in [2.45, 2.75) is 20.3 Å². The molecule has 0 saturated heterocycles. The molecule has 4 nitrogen and oxygen atoms in total. The molecule has 72 valence electrons.